The lowest BCUT2D eigenvalue weighted by Gasteiger charge is -1.96. The summed E-state index contributed by atoms with van der Waals surface area (Å²) in [4.78, 5) is 0. The van der Waals surface area contributed by atoms with Crippen LogP contribution in [-0.2, 0) is 4.74 Å². The van der Waals surface area contributed by atoms with Crippen molar-refractivity contribution >= 4 is 0 Å². The Morgan fingerprint density at radius 1 is 1.62 bits per heavy atom. The predicted octanol–water partition coefficient (Wildman–Crippen LogP) is 0.0136. The van der Waals surface area contributed by atoms with E-state index in [1.807, 2.05) is 0 Å². The van der Waals surface area contributed by atoms with Crippen LogP contribution in [0, 0.1) is 11.8 Å². The molecule has 3 atom stereocenters. The number of ether oxygens (including phenoxy) is 1. The fourth-order valence-electron chi connectivity index (χ4n) is 1.61. The van der Waals surface area contributed by atoms with E-state index in [0.29, 0.717) is 18.6 Å². The van der Waals surface area contributed by atoms with Gasteiger partial charge in [-0.05, 0) is 12.3 Å². The zero-order chi connectivity index (χ0) is 5.56. The van der Waals surface area contributed by atoms with E-state index in [9.17, 15) is 0 Å². The smallest absolute Gasteiger partial charge is 0.0662 e. The summed E-state index contributed by atoms with van der Waals surface area (Å²) in [5.41, 5.74) is 0. The highest BCUT2D eigenvalue weighted by atomic mass is 16.5. The molecule has 0 aromatic carbocycles. The Kier molecular flexibility index (Phi) is 0.866. The minimum atomic E-state index is 0.329. The zero-order valence-corrected chi connectivity index (χ0v) is 4.71. The summed E-state index contributed by atoms with van der Waals surface area (Å²) in [5, 5.41) is 8.63. The second-order valence-corrected chi connectivity index (χ2v) is 2.63. The van der Waals surface area contributed by atoms with Gasteiger partial charge in [0.2, 0.25) is 0 Å². The van der Waals surface area contributed by atoms with Crippen molar-refractivity contribution in [2.75, 3.05) is 13.2 Å². The van der Waals surface area contributed by atoms with Crippen molar-refractivity contribution in [3.8, 4) is 0 Å². The van der Waals surface area contributed by atoms with Gasteiger partial charge in [-0.15, -0.1) is 0 Å². The van der Waals surface area contributed by atoms with Crippen LogP contribution in [0.25, 0.3) is 0 Å². The Balaban J connectivity index is 1.94. The molecule has 0 aromatic rings. The first kappa shape index (κ1) is 4.77. The van der Waals surface area contributed by atoms with Crippen LogP contribution in [0.15, 0.2) is 0 Å². The molecule has 1 aliphatic carbocycles. The maximum absolute atomic E-state index is 8.63. The number of fused-ring (bicyclic) bond motifs is 1. The summed E-state index contributed by atoms with van der Waals surface area (Å²) in [5.74, 6) is 1.23. The largest absolute Gasteiger partial charge is 0.396 e. The van der Waals surface area contributed by atoms with E-state index in [-0.39, 0.29) is 0 Å². The Morgan fingerprint density at radius 3 is 2.88 bits per heavy atom. The summed E-state index contributed by atoms with van der Waals surface area (Å²) in [7, 11) is 0. The third-order valence-electron chi connectivity index (χ3n) is 2.23. The SMILES string of the molecule is OC[C@H]1[C@@H]2CCO[C@@H]12. The van der Waals surface area contributed by atoms with Gasteiger partial charge in [-0.1, -0.05) is 0 Å². The first-order valence-corrected chi connectivity index (χ1v) is 3.16. The Bertz CT molecular complexity index is 85.9. The fraction of sp³-hybridized carbons (Fsp3) is 1.00. The van der Waals surface area contributed by atoms with Crippen LogP contribution in [0.2, 0.25) is 0 Å². The van der Waals surface area contributed by atoms with Crippen LogP contribution >= 0.6 is 0 Å². The molecule has 0 unspecified atom stereocenters. The molecule has 2 nitrogen and oxygen atoms in total. The quantitative estimate of drug-likeness (QED) is 0.520. The number of hydrogen-bond acceptors (Lipinski definition) is 2. The maximum Gasteiger partial charge on any atom is 0.0662 e. The van der Waals surface area contributed by atoms with Gasteiger partial charge in [-0.3, -0.25) is 0 Å². The molecule has 2 heteroatoms. The molecule has 1 saturated heterocycles. The van der Waals surface area contributed by atoms with Gasteiger partial charge < -0.3 is 9.84 Å². The molecule has 0 amide bonds. The topological polar surface area (TPSA) is 29.5 Å². The third kappa shape index (κ3) is 0.446. The van der Waals surface area contributed by atoms with E-state index in [1.54, 1.807) is 0 Å². The second kappa shape index (κ2) is 1.45. The van der Waals surface area contributed by atoms with Gasteiger partial charge in [0.25, 0.3) is 0 Å². The van der Waals surface area contributed by atoms with Crippen LogP contribution < -0.4 is 0 Å². The molecule has 2 fully saturated rings. The van der Waals surface area contributed by atoms with Gasteiger partial charge in [0.05, 0.1) is 6.10 Å². The normalized spacial score (nSPS) is 51.4. The van der Waals surface area contributed by atoms with Crippen molar-refractivity contribution < 1.29 is 9.84 Å². The van der Waals surface area contributed by atoms with Gasteiger partial charge >= 0.3 is 0 Å². The van der Waals surface area contributed by atoms with E-state index < -0.39 is 0 Å². The van der Waals surface area contributed by atoms with Gasteiger partial charge in [-0.2, -0.15) is 0 Å². The molecule has 1 saturated carbocycles. The summed E-state index contributed by atoms with van der Waals surface area (Å²) >= 11 is 0. The van der Waals surface area contributed by atoms with E-state index >= 15 is 0 Å². The molecule has 0 bridgehead atoms. The summed E-state index contributed by atoms with van der Waals surface area (Å²) < 4.78 is 5.27. The summed E-state index contributed by atoms with van der Waals surface area (Å²) in [6.07, 6.45) is 1.62. The van der Waals surface area contributed by atoms with Crippen molar-refractivity contribution in [2.45, 2.75) is 12.5 Å². The Hall–Kier alpha value is -0.0800. The van der Waals surface area contributed by atoms with E-state index in [2.05, 4.69) is 0 Å². The molecule has 0 radical (unpaired) electrons. The van der Waals surface area contributed by atoms with Gasteiger partial charge in [-0.25, -0.2) is 0 Å². The number of rotatable bonds is 1. The van der Waals surface area contributed by atoms with Crippen LogP contribution in [0.4, 0.5) is 0 Å². The van der Waals surface area contributed by atoms with Crippen LogP contribution in [-0.4, -0.2) is 24.4 Å². The van der Waals surface area contributed by atoms with Crippen LogP contribution in [0.3, 0.4) is 0 Å². The standard InChI is InChI=1S/C6H10O2/c7-3-5-4-1-2-8-6(4)5/h4-7H,1-3H2/t4-,5-,6+/m0/s1. The lowest BCUT2D eigenvalue weighted by molar-refractivity contribution is 0.119. The fourth-order valence-corrected chi connectivity index (χ4v) is 1.61. The molecule has 0 aromatic heterocycles. The molecule has 2 rings (SSSR count). The van der Waals surface area contributed by atoms with Gasteiger partial charge in [0.1, 0.15) is 0 Å². The Morgan fingerprint density at radius 2 is 2.50 bits per heavy atom. The third-order valence-corrected chi connectivity index (χ3v) is 2.23. The Labute approximate surface area is 48.5 Å². The number of aliphatic hydroxyl groups excluding tert-OH is 1. The predicted molar refractivity (Wildman–Crippen MR) is 28.4 cm³/mol. The molecular weight excluding hydrogens is 104 g/mol. The van der Waals surface area contributed by atoms with E-state index in [4.69, 9.17) is 9.84 Å². The first-order valence-electron chi connectivity index (χ1n) is 3.16. The monoisotopic (exact) mass is 114 g/mol. The summed E-state index contributed by atoms with van der Waals surface area (Å²) in [6.45, 7) is 1.25. The highest BCUT2D eigenvalue weighted by Gasteiger charge is 2.53. The van der Waals surface area contributed by atoms with Crippen LogP contribution in [0.5, 0.6) is 0 Å². The van der Waals surface area contributed by atoms with Gasteiger partial charge in [0, 0.05) is 19.1 Å². The van der Waals surface area contributed by atoms with E-state index in [1.165, 1.54) is 6.42 Å². The van der Waals surface area contributed by atoms with Gasteiger partial charge in [0.15, 0.2) is 0 Å². The highest BCUT2D eigenvalue weighted by molar-refractivity contribution is 5.01. The molecule has 1 heterocycles. The van der Waals surface area contributed by atoms with Crippen molar-refractivity contribution in [3.05, 3.63) is 0 Å². The van der Waals surface area contributed by atoms with Crippen molar-refractivity contribution in [3.63, 3.8) is 0 Å². The molecule has 1 aliphatic heterocycles. The number of hydrogen-bond donors (Lipinski definition) is 1. The molecule has 1 N–H and O–H groups in total. The minimum Gasteiger partial charge on any atom is -0.396 e. The zero-order valence-electron chi connectivity index (χ0n) is 4.71. The van der Waals surface area contributed by atoms with Crippen molar-refractivity contribution in [2.24, 2.45) is 11.8 Å². The second-order valence-electron chi connectivity index (χ2n) is 2.63. The molecule has 2 aliphatic rings. The lowest BCUT2D eigenvalue weighted by atomic mass is 10.2. The average Bonchev–Trinajstić information content (AvgIpc) is 2.22. The van der Waals surface area contributed by atoms with E-state index in [0.717, 1.165) is 12.5 Å². The minimum absolute atomic E-state index is 0.329. The summed E-state index contributed by atoms with van der Waals surface area (Å²) in [6, 6.07) is 0. The van der Waals surface area contributed by atoms with Crippen molar-refractivity contribution in [1.82, 2.24) is 0 Å². The average molecular weight is 114 g/mol. The molecule has 0 spiro atoms. The molecule has 46 valence electrons. The van der Waals surface area contributed by atoms with Crippen LogP contribution in [0.1, 0.15) is 6.42 Å². The molecule has 8 heavy (non-hydrogen) atoms. The first-order chi connectivity index (χ1) is 3.93. The lowest BCUT2D eigenvalue weighted by Crippen LogP contribution is -1.99. The van der Waals surface area contributed by atoms with Crippen molar-refractivity contribution in [1.29, 1.82) is 0 Å². The number of aliphatic hydroxyl groups is 1. The molecular formula is C6H10O2. The maximum atomic E-state index is 8.63. The highest BCUT2D eigenvalue weighted by Crippen LogP contribution is 2.48.